The van der Waals surface area contributed by atoms with E-state index in [9.17, 15) is 9.18 Å². The van der Waals surface area contributed by atoms with Crippen LogP contribution < -0.4 is 4.90 Å². The van der Waals surface area contributed by atoms with Crippen molar-refractivity contribution in [3.05, 3.63) is 76.7 Å². The van der Waals surface area contributed by atoms with Crippen molar-refractivity contribution in [3.8, 4) is 11.3 Å². The summed E-state index contributed by atoms with van der Waals surface area (Å²) >= 11 is 2.84. The van der Waals surface area contributed by atoms with Gasteiger partial charge in [0, 0.05) is 23.6 Å². The van der Waals surface area contributed by atoms with Crippen LogP contribution in [0.3, 0.4) is 0 Å². The Balaban J connectivity index is 1.46. The average Bonchev–Trinajstić information content (AvgIpc) is 3.39. The second-order valence-electron chi connectivity index (χ2n) is 7.03. The standard InChI is InChI=1S/C23H20FN3O2S2/c1-14-4-9-20(10-15(14)2)27(16(3)28)22-26-19(12-30-22)13-31-23-25-11-21(29-23)17-5-7-18(24)8-6-17/h4-12H,13H2,1-3H3. The van der Waals surface area contributed by atoms with Crippen LogP contribution >= 0.6 is 23.1 Å². The summed E-state index contributed by atoms with van der Waals surface area (Å²) in [5.74, 6) is 0.753. The lowest BCUT2D eigenvalue weighted by Crippen LogP contribution is -2.22. The summed E-state index contributed by atoms with van der Waals surface area (Å²) in [7, 11) is 0. The summed E-state index contributed by atoms with van der Waals surface area (Å²) in [5.41, 5.74) is 4.70. The van der Waals surface area contributed by atoms with Gasteiger partial charge in [0.2, 0.25) is 5.91 Å². The molecule has 0 fully saturated rings. The Morgan fingerprint density at radius 1 is 1.16 bits per heavy atom. The molecule has 0 aliphatic carbocycles. The topological polar surface area (TPSA) is 59.2 Å². The van der Waals surface area contributed by atoms with Crippen molar-refractivity contribution in [1.82, 2.24) is 9.97 Å². The van der Waals surface area contributed by atoms with Crippen LogP contribution in [0.4, 0.5) is 15.2 Å². The number of nitrogens with zero attached hydrogens (tertiary/aromatic N) is 3. The van der Waals surface area contributed by atoms with Crippen LogP contribution in [0, 0.1) is 19.7 Å². The quantitative estimate of drug-likeness (QED) is 0.311. The van der Waals surface area contributed by atoms with Gasteiger partial charge in [-0.25, -0.2) is 14.4 Å². The molecule has 4 aromatic rings. The van der Waals surface area contributed by atoms with Gasteiger partial charge in [0.05, 0.1) is 17.6 Å². The van der Waals surface area contributed by atoms with E-state index in [-0.39, 0.29) is 11.7 Å². The van der Waals surface area contributed by atoms with Crippen LogP contribution in [0.5, 0.6) is 0 Å². The number of rotatable bonds is 6. The van der Waals surface area contributed by atoms with E-state index < -0.39 is 0 Å². The normalized spacial score (nSPS) is 11.0. The highest BCUT2D eigenvalue weighted by atomic mass is 32.2. The number of thioether (sulfide) groups is 1. The first kappa shape index (κ1) is 21.3. The third-order valence-electron chi connectivity index (χ3n) is 4.75. The van der Waals surface area contributed by atoms with Crippen molar-refractivity contribution in [2.45, 2.75) is 31.7 Å². The molecular weight excluding hydrogens is 433 g/mol. The predicted octanol–water partition coefficient (Wildman–Crippen LogP) is 6.53. The molecule has 0 radical (unpaired) electrons. The molecule has 0 bridgehead atoms. The Kier molecular flexibility index (Phi) is 6.20. The third-order valence-corrected chi connectivity index (χ3v) is 6.50. The Bertz CT molecular complexity index is 1220. The molecule has 0 unspecified atom stereocenters. The number of benzene rings is 2. The van der Waals surface area contributed by atoms with Gasteiger partial charge >= 0.3 is 0 Å². The van der Waals surface area contributed by atoms with E-state index in [4.69, 9.17) is 4.42 Å². The Morgan fingerprint density at radius 3 is 2.65 bits per heavy atom. The van der Waals surface area contributed by atoms with Gasteiger partial charge in [-0.2, -0.15) is 0 Å². The summed E-state index contributed by atoms with van der Waals surface area (Å²) < 4.78 is 18.8. The molecule has 0 saturated heterocycles. The fourth-order valence-corrected chi connectivity index (χ4v) is 4.65. The first-order valence-electron chi connectivity index (χ1n) is 9.57. The van der Waals surface area contributed by atoms with E-state index in [1.54, 1.807) is 23.2 Å². The molecule has 2 heterocycles. The summed E-state index contributed by atoms with van der Waals surface area (Å²) in [6, 6.07) is 12.0. The number of aryl methyl sites for hydroxylation is 2. The summed E-state index contributed by atoms with van der Waals surface area (Å²) in [6.07, 6.45) is 1.62. The van der Waals surface area contributed by atoms with Crippen LogP contribution in [0.2, 0.25) is 0 Å². The Hall–Kier alpha value is -2.97. The highest BCUT2D eigenvalue weighted by Crippen LogP contribution is 2.33. The van der Waals surface area contributed by atoms with Gasteiger partial charge in [-0.1, -0.05) is 17.8 Å². The maximum Gasteiger partial charge on any atom is 0.256 e. The van der Waals surface area contributed by atoms with Crippen molar-refractivity contribution < 1.29 is 13.6 Å². The number of carbonyl (C=O) groups excluding carboxylic acids is 1. The third kappa shape index (κ3) is 4.86. The number of oxazole rings is 1. The molecule has 8 heteroatoms. The average molecular weight is 454 g/mol. The second kappa shape index (κ2) is 9.03. The molecule has 0 saturated carbocycles. The summed E-state index contributed by atoms with van der Waals surface area (Å²) in [6.45, 7) is 5.60. The van der Waals surface area contributed by atoms with Gasteiger partial charge in [0.25, 0.3) is 5.22 Å². The largest absolute Gasteiger partial charge is 0.431 e. The SMILES string of the molecule is CC(=O)N(c1ccc(C)c(C)c1)c1nc(CSc2ncc(-c3ccc(F)cc3)o2)cs1. The van der Waals surface area contributed by atoms with E-state index >= 15 is 0 Å². The maximum atomic E-state index is 13.1. The van der Waals surface area contributed by atoms with E-state index in [0.29, 0.717) is 21.9 Å². The zero-order valence-electron chi connectivity index (χ0n) is 17.3. The zero-order valence-corrected chi connectivity index (χ0v) is 18.9. The lowest BCUT2D eigenvalue weighted by Gasteiger charge is -2.19. The van der Waals surface area contributed by atoms with Gasteiger partial charge in [-0.15, -0.1) is 11.3 Å². The molecule has 0 atom stereocenters. The first-order valence-corrected chi connectivity index (χ1v) is 11.4. The molecule has 31 heavy (non-hydrogen) atoms. The highest BCUT2D eigenvalue weighted by molar-refractivity contribution is 7.98. The van der Waals surface area contributed by atoms with Crippen LogP contribution in [-0.2, 0) is 10.5 Å². The van der Waals surface area contributed by atoms with Crippen LogP contribution in [0.25, 0.3) is 11.3 Å². The number of halogens is 1. The molecule has 4 rings (SSSR count). The lowest BCUT2D eigenvalue weighted by molar-refractivity contribution is -0.115. The molecule has 0 spiro atoms. The minimum Gasteiger partial charge on any atom is -0.431 e. The highest BCUT2D eigenvalue weighted by Gasteiger charge is 2.19. The first-order chi connectivity index (χ1) is 14.9. The van der Waals surface area contributed by atoms with Crippen LogP contribution in [0.1, 0.15) is 23.7 Å². The van der Waals surface area contributed by atoms with Crippen molar-refractivity contribution in [3.63, 3.8) is 0 Å². The molecular formula is C23H20FN3O2S2. The monoisotopic (exact) mass is 453 g/mol. The van der Waals surface area contributed by atoms with Gasteiger partial charge in [-0.3, -0.25) is 9.69 Å². The fourth-order valence-electron chi connectivity index (χ4n) is 2.97. The van der Waals surface area contributed by atoms with Gasteiger partial charge in [0.1, 0.15) is 5.82 Å². The Morgan fingerprint density at radius 2 is 1.94 bits per heavy atom. The number of carbonyl (C=O) groups is 1. The van der Waals surface area contributed by atoms with E-state index in [1.807, 2.05) is 37.4 Å². The van der Waals surface area contributed by atoms with Crippen molar-refractivity contribution in [2.24, 2.45) is 0 Å². The smallest absolute Gasteiger partial charge is 0.256 e. The number of thiazole rings is 1. The molecule has 158 valence electrons. The van der Waals surface area contributed by atoms with Crippen molar-refractivity contribution >= 4 is 39.8 Å². The number of aromatic nitrogens is 2. The summed E-state index contributed by atoms with van der Waals surface area (Å²) in [4.78, 5) is 22.9. The second-order valence-corrected chi connectivity index (χ2v) is 8.79. The number of anilines is 2. The minimum absolute atomic E-state index is 0.0894. The Labute approximate surface area is 188 Å². The molecule has 0 aliphatic rings. The summed E-state index contributed by atoms with van der Waals surface area (Å²) in [5, 5.41) is 3.07. The zero-order chi connectivity index (χ0) is 22.0. The van der Waals surface area contributed by atoms with Crippen LogP contribution in [-0.4, -0.2) is 15.9 Å². The van der Waals surface area contributed by atoms with E-state index in [0.717, 1.165) is 22.5 Å². The number of amides is 1. The molecule has 1 amide bonds. The van der Waals surface area contributed by atoms with Crippen molar-refractivity contribution in [1.29, 1.82) is 0 Å². The van der Waals surface area contributed by atoms with E-state index in [1.165, 1.54) is 47.7 Å². The van der Waals surface area contributed by atoms with Gasteiger partial charge < -0.3 is 4.42 Å². The maximum absolute atomic E-state index is 13.1. The van der Waals surface area contributed by atoms with Crippen LogP contribution in [0.15, 0.2) is 63.7 Å². The molecule has 2 aromatic heterocycles. The van der Waals surface area contributed by atoms with E-state index in [2.05, 4.69) is 9.97 Å². The minimum atomic E-state index is -0.294. The molecule has 2 aromatic carbocycles. The van der Waals surface area contributed by atoms with Gasteiger partial charge in [-0.05, 0) is 61.4 Å². The number of hydrogen-bond donors (Lipinski definition) is 0. The number of hydrogen-bond acceptors (Lipinski definition) is 6. The fraction of sp³-hybridized carbons (Fsp3) is 0.174. The van der Waals surface area contributed by atoms with Crippen molar-refractivity contribution in [2.75, 3.05) is 4.90 Å². The molecule has 5 nitrogen and oxygen atoms in total. The molecule has 0 aliphatic heterocycles. The molecule has 0 N–H and O–H groups in total. The lowest BCUT2D eigenvalue weighted by atomic mass is 10.1. The predicted molar refractivity (Wildman–Crippen MR) is 122 cm³/mol. The van der Waals surface area contributed by atoms with Gasteiger partial charge in [0.15, 0.2) is 10.9 Å².